The van der Waals surface area contributed by atoms with Gasteiger partial charge in [-0.2, -0.15) is 0 Å². The largest absolute Gasteiger partial charge is 0.483 e. The molecule has 1 aromatic carbocycles. The predicted molar refractivity (Wildman–Crippen MR) is 132 cm³/mol. The Morgan fingerprint density at radius 2 is 1.64 bits per heavy atom. The van der Waals surface area contributed by atoms with Crippen molar-refractivity contribution in [2.75, 3.05) is 5.75 Å². The molecule has 2 aliphatic carbocycles. The molecular formula is C26H38N4O2S. The maximum Gasteiger partial charge on any atom is 0.233 e. The molecule has 6 nitrogen and oxygen atoms in total. The maximum absolute atomic E-state index is 13.5. The molecule has 0 saturated heterocycles. The molecule has 0 bridgehead atoms. The molecule has 2 saturated carbocycles. The molecule has 2 aromatic rings. The number of carbonyl (C=O) groups is 1. The van der Waals surface area contributed by atoms with Crippen LogP contribution in [-0.2, 0) is 11.3 Å². The summed E-state index contributed by atoms with van der Waals surface area (Å²) in [6.07, 6.45) is 12.1. The van der Waals surface area contributed by atoms with Crippen molar-refractivity contribution in [2.45, 2.75) is 108 Å². The average Bonchev–Trinajstić information content (AvgIpc) is 3.28. The number of ether oxygens (including phenoxy) is 1. The van der Waals surface area contributed by atoms with E-state index in [0.29, 0.717) is 17.8 Å². The lowest BCUT2D eigenvalue weighted by Crippen LogP contribution is -2.49. The summed E-state index contributed by atoms with van der Waals surface area (Å²) in [5.41, 5.74) is 0. The van der Waals surface area contributed by atoms with Gasteiger partial charge in [-0.25, -0.2) is 0 Å². The Morgan fingerprint density at radius 3 is 2.21 bits per heavy atom. The molecule has 1 atom stereocenters. The second-order valence-corrected chi connectivity index (χ2v) is 10.3. The molecule has 2 aliphatic rings. The molecule has 2 fully saturated rings. The van der Waals surface area contributed by atoms with Crippen LogP contribution in [0.4, 0.5) is 0 Å². The first-order valence-corrected chi connectivity index (χ1v) is 13.7. The number of carbonyl (C=O) groups excluding carboxylic acids is 1. The van der Waals surface area contributed by atoms with E-state index < -0.39 is 0 Å². The highest BCUT2D eigenvalue weighted by Gasteiger charge is 2.32. The highest BCUT2D eigenvalue weighted by Crippen LogP contribution is 2.32. The van der Waals surface area contributed by atoms with Crippen molar-refractivity contribution in [1.82, 2.24) is 19.7 Å². The number of thioether (sulfide) groups is 1. The van der Waals surface area contributed by atoms with Gasteiger partial charge in [0.05, 0.1) is 5.75 Å². The zero-order chi connectivity index (χ0) is 23.0. The van der Waals surface area contributed by atoms with Crippen LogP contribution in [-0.4, -0.2) is 43.4 Å². The Bertz CT molecular complexity index is 858. The Morgan fingerprint density at radius 1 is 1.03 bits per heavy atom. The molecule has 1 aromatic heterocycles. The highest BCUT2D eigenvalue weighted by atomic mass is 32.2. The number of hydrogen-bond donors (Lipinski definition) is 0. The van der Waals surface area contributed by atoms with Gasteiger partial charge in [0.25, 0.3) is 0 Å². The van der Waals surface area contributed by atoms with Gasteiger partial charge in [0.2, 0.25) is 5.91 Å². The summed E-state index contributed by atoms with van der Waals surface area (Å²) >= 11 is 1.52. The molecule has 0 spiro atoms. The number of amides is 1. The predicted octanol–water partition coefficient (Wildman–Crippen LogP) is 6.02. The fourth-order valence-electron chi connectivity index (χ4n) is 5.39. The van der Waals surface area contributed by atoms with Crippen molar-refractivity contribution >= 4 is 17.7 Å². The van der Waals surface area contributed by atoms with Crippen LogP contribution in [0.2, 0.25) is 0 Å². The van der Waals surface area contributed by atoms with E-state index in [4.69, 9.17) is 4.74 Å². The van der Waals surface area contributed by atoms with Crippen molar-refractivity contribution in [2.24, 2.45) is 0 Å². The molecule has 1 amide bonds. The third kappa shape index (κ3) is 6.11. The number of rotatable bonds is 9. The minimum Gasteiger partial charge on any atom is -0.483 e. The van der Waals surface area contributed by atoms with Crippen LogP contribution in [0.1, 0.15) is 90.0 Å². The molecule has 1 heterocycles. The van der Waals surface area contributed by atoms with Gasteiger partial charge in [-0.05, 0) is 51.7 Å². The molecular weight excluding hydrogens is 432 g/mol. The number of aromatic nitrogens is 3. The van der Waals surface area contributed by atoms with Crippen LogP contribution in [0.3, 0.4) is 0 Å². The minimum absolute atomic E-state index is 0.217. The Labute approximate surface area is 202 Å². The normalized spacial score (nSPS) is 18.7. The van der Waals surface area contributed by atoms with E-state index in [1.807, 2.05) is 37.3 Å². The van der Waals surface area contributed by atoms with E-state index in [2.05, 4.69) is 26.6 Å². The molecule has 0 N–H and O–H groups in total. The van der Waals surface area contributed by atoms with Crippen LogP contribution in [0, 0.1) is 0 Å². The fourth-order valence-corrected chi connectivity index (χ4v) is 6.26. The second kappa shape index (κ2) is 11.9. The van der Waals surface area contributed by atoms with E-state index in [1.165, 1.54) is 50.3 Å². The van der Waals surface area contributed by atoms with E-state index in [0.717, 1.165) is 49.0 Å². The third-order valence-corrected chi connectivity index (χ3v) is 7.98. The summed E-state index contributed by atoms with van der Waals surface area (Å²) in [5, 5.41) is 9.66. The van der Waals surface area contributed by atoms with E-state index in [-0.39, 0.29) is 12.0 Å². The average molecular weight is 471 g/mol. The first-order valence-electron chi connectivity index (χ1n) is 12.8. The van der Waals surface area contributed by atoms with Crippen LogP contribution < -0.4 is 4.74 Å². The van der Waals surface area contributed by atoms with Crippen molar-refractivity contribution in [3.63, 3.8) is 0 Å². The summed E-state index contributed by atoms with van der Waals surface area (Å²) in [5.74, 6) is 2.32. The maximum atomic E-state index is 13.5. The number of hydrogen-bond acceptors (Lipinski definition) is 5. The Hall–Kier alpha value is -2.02. The molecule has 7 heteroatoms. The zero-order valence-corrected chi connectivity index (χ0v) is 20.9. The lowest BCUT2D eigenvalue weighted by molar-refractivity contribution is -0.135. The molecule has 180 valence electrons. The van der Waals surface area contributed by atoms with Gasteiger partial charge in [0.15, 0.2) is 17.1 Å². The number of para-hydroxylation sites is 1. The van der Waals surface area contributed by atoms with Crippen LogP contribution >= 0.6 is 11.8 Å². The van der Waals surface area contributed by atoms with Crippen molar-refractivity contribution < 1.29 is 9.53 Å². The summed E-state index contributed by atoms with van der Waals surface area (Å²) < 4.78 is 8.15. The van der Waals surface area contributed by atoms with Gasteiger partial charge in [-0.15, -0.1) is 10.2 Å². The highest BCUT2D eigenvalue weighted by molar-refractivity contribution is 7.99. The molecule has 4 rings (SSSR count). The van der Waals surface area contributed by atoms with Gasteiger partial charge >= 0.3 is 0 Å². The van der Waals surface area contributed by atoms with Crippen LogP contribution in [0.25, 0.3) is 0 Å². The van der Waals surface area contributed by atoms with Crippen LogP contribution in [0.5, 0.6) is 5.75 Å². The smallest absolute Gasteiger partial charge is 0.233 e. The first kappa shape index (κ1) is 24.1. The lowest BCUT2D eigenvalue weighted by atomic mass is 9.88. The minimum atomic E-state index is -0.217. The fraction of sp³-hybridized carbons (Fsp3) is 0.654. The van der Waals surface area contributed by atoms with Gasteiger partial charge in [-0.1, -0.05) is 68.5 Å². The van der Waals surface area contributed by atoms with E-state index >= 15 is 0 Å². The summed E-state index contributed by atoms with van der Waals surface area (Å²) in [6.45, 7) is 4.83. The van der Waals surface area contributed by atoms with Crippen molar-refractivity contribution in [1.29, 1.82) is 0 Å². The first-order chi connectivity index (χ1) is 16.2. The molecule has 33 heavy (non-hydrogen) atoms. The SMILES string of the molecule is CCn1c(SCC(=O)N(C2CCCCC2)C2CCCCC2)nnc1[C@H](C)Oc1ccccc1. The topological polar surface area (TPSA) is 60.2 Å². The Kier molecular flexibility index (Phi) is 8.70. The molecule has 0 aliphatic heterocycles. The monoisotopic (exact) mass is 470 g/mol. The quantitative estimate of drug-likeness (QED) is 0.419. The van der Waals surface area contributed by atoms with Crippen molar-refractivity contribution in [3.05, 3.63) is 36.2 Å². The lowest BCUT2D eigenvalue weighted by Gasteiger charge is -2.41. The van der Waals surface area contributed by atoms with Crippen LogP contribution in [0.15, 0.2) is 35.5 Å². The number of nitrogens with zero attached hydrogens (tertiary/aromatic N) is 4. The standard InChI is InChI=1S/C26H38N4O2S/c1-3-29-25(20(2)32-23-17-11-6-12-18-23)27-28-26(29)33-19-24(31)30(21-13-7-4-8-14-21)22-15-9-5-10-16-22/h6,11-12,17-18,20-22H,3-5,7-10,13-16,19H2,1-2H3/t20-/m0/s1. The third-order valence-electron chi connectivity index (χ3n) is 7.03. The van der Waals surface area contributed by atoms with Crippen molar-refractivity contribution in [3.8, 4) is 5.75 Å². The summed E-state index contributed by atoms with van der Waals surface area (Å²) in [4.78, 5) is 15.8. The summed E-state index contributed by atoms with van der Waals surface area (Å²) in [7, 11) is 0. The van der Waals surface area contributed by atoms with Gasteiger partial charge in [0, 0.05) is 18.6 Å². The molecule has 0 unspecified atom stereocenters. The Balaban J connectivity index is 1.42. The van der Waals surface area contributed by atoms with E-state index in [9.17, 15) is 4.79 Å². The van der Waals surface area contributed by atoms with Gasteiger partial charge < -0.3 is 14.2 Å². The number of benzene rings is 1. The molecule has 0 radical (unpaired) electrons. The summed E-state index contributed by atoms with van der Waals surface area (Å²) in [6, 6.07) is 10.6. The zero-order valence-electron chi connectivity index (χ0n) is 20.1. The van der Waals surface area contributed by atoms with E-state index in [1.54, 1.807) is 0 Å². The van der Waals surface area contributed by atoms with Gasteiger partial charge in [-0.3, -0.25) is 4.79 Å². The van der Waals surface area contributed by atoms with Gasteiger partial charge in [0.1, 0.15) is 5.75 Å². The second-order valence-electron chi connectivity index (χ2n) is 9.33.